The Morgan fingerprint density at radius 2 is 2.23 bits per heavy atom. The van der Waals surface area contributed by atoms with Crippen LogP contribution in [0.5, 0.6) is 5.88 Å². The van der Waals surface area contributed by atoms with Gasteiger partial charge in [-0.2, -0.15) is 15.3 Å². The lowest BCUT2D eigenvalue weighted by atomic mass is 9.96. The zero-order valence-electron chi connectivity index (χ0n) is 13.3. The molecular formula is C14H19ClN6O. The normalized spacial score (nSPS) is 21.3. The number of rotatable bonds is 4. The van der Waals surface area contributed by atoms with Crippen molar-refractivity contribution in [1.82, 2.24) is 15.0 Å². The Morgan fingerprint density at radius 3 is 2.82 bits per heavy atom. The van der Waals surface area contributed by atoms with E-state index in [2.05, 4.69) is 26.5 Å². The maximum absolute atomic E-state index is 9.26. The van der Waals surface area contributed by atoms with Gasteiger partial charge in [0, 0.05) is 0 Å². The van der Waals surface area contributed by atoms with Crippen molar-refractivity contribution in [3.8, 4) is 11.9 Å². The zero-order valence-corrected chi connectivity index (χ0v) is 14.1. The number of anilines is 1. The van der Waals surface area contributed by atoms with E-state index in [-0.39, 0.29) is 0 Å². The molecule has 2 heterocycles. The topological polar surface area (TPSA) is 86.4 Å². The van der Waals surface area contributed by atoms with Crippen molar-refractivity contribution in [1.29, 1.82) is 5.26 Å². The summed E-state index contributed by atoms with van der Waals surface area (Å²) in [7, 11) is 1.50. The highest BCUT2D eigenvalue weighted by molar-refractivity contribution is 6.31. The van der Waals surface area contributed by atoms with Crippen LogP contribution in [0.2, 0.25) is 5.02 Å². The van der Waals surface area contributed by atoms with Crippen LogP contribution in [0.4, 0.5) is 5.95 Å². The third kappa shape index (κ3) is 2.92. The lowest BCUT2D eigenvalue weighted by Crippen LogP contribution is -2.48. The quantitative estimate of drug-likeness (QED) is 0.915. The smallest absolute Gasteiger partial charge is 0.237 e. The molecule has 1 N–H and O–H groups in total. The van der Waals surface area contributed by atoms with Crippen molar-refractivity contribution < 1.29 is 4.74 Å². The molecule has 1 aliphatic rings. The van der Waals surface area contributed by atoms with Gasteiger partial charge in [-0.1, -0.05) is 11.6 Å². The molecule has 1 aromatic rings. The lowest BCUT2D eigenvalue weighted by molar-refractivity contribution is 0.181. The summed E-state index contributed by atoms with van der Waals surface area (Å²) in [5.74, 6) is 0.708. The summed E-state index contributed by atoms with van der Waals surface area (Å²) >= 11 is 5.93. The maximum atomic E-state index is 9.26. The number of nitrogens with one attached hydrogen (secondary N) is 1. The molecule has 0 saturated carbocycles. The van der Waals surface area contributed by atoms with Crippen LogP contribution in [0, 0.1) is 11.3 Å². The monoisotopic (exact) mass is 322 g/mol. The fourth-order valence-electron chi connectivity index (χ4n) is 2.05. The van der Waals surface area contributed by atoms with Crippen molar-refractivity contribution in [2.45, 2.75) is 38.8 Å². The number of hydrogen-bond acceptors (Lipinski definition) is 7. The molecule has 8 heteroatoms. The highest BCUT2D eigenvalue weighted by Gasteiger charge is 2.42. The third-order valence-corrected chi connectivity index (χ3v) is 4.01. The van der Waals surface area contributed by atoms with Gasteiger partial charge in [0.05, 0.1) is 37.2 Å². The first-order valence-electron chi connectivity index (χ1n) is 6.81. The van der Waals surface area contributed by atoms with Crippen LogP contribution >= 0.6 is 11.6 Å². The van der Waals surface area contributed by atoms with Crippen molar-refractivity contribution >= 4 is 23.3 Å². The number of methoxy groups -OCH3 is 1. The molecule has 0 aliphatic carbocycles. The molecule has 1 atom stereocenters. The average Bonchev–Trinajstić information content (AvgIpc) is 2.77. The van der Waals surface area contributed by atoms with E-state index in [1.807, 2.05) is 27.7 Å². The molecule has 0 spiro atoms. The second-order valence-corrected chi connectivity index (χ2v) is 6.33. The van der Waals surface area contributed by atoms with E-state index < -0.39 is 11.1 Å². The molecule has 7 nitrogen and oxygen atoms in total. The Hall–Kier alpha value is -2.07. The van der Waals surface area contributed by atoms with Gasteiger partial charge in [0.25, 0.3) is 0 Å². The summed E-state index contributed by atoms with van der Waals surface area (Å²) in [6.07, 6.45) is 1.48. The molecule has 0 radical (unpaired) electrons. The first-order valence-corrected chi connectivity index (χ1v) is 7.19. The standard InChI is InChI=1S/C14H19ClN6O/c1-9-14(4,8-21(20-9)13(2,3)7-16)19-12-17-6-10(15)11(18-12)22-5/h6H,8H2,1-5H3,(H,17,18,19)/t14-/m0/s1. The molecule has 1 aliphatic heterocycles. The van der Waals surface area contributed by atoms with Gasteiger partial charge in [-0.3, -0.25) is 5.01 Å². The Morgan fingerprint density at radius 1 is 1.55 bits per heavy atom. The van der Waals surface area contributed by atoms with E-state index in [9.17, 15) is 5.26 Å². The van der Waals surface area contributed by atoms with Crippen molar-refractivity contribution in [3.63, 3.8) is 0 Å². The van der Waals surface area contributed by atoms with Crippen LogP contribution in [-0.2, 0) is 0 Å². The number of aromatic nitrogens is 2. The molecule has 0 unspecified atom stereocenters. The predicted octanol–water partition coefficient (Wildman–Crippen LogP) is 2.30. The van der Waals surface area contributed by atoms with Crippen LogP contribution in [0.25, 0.3) is 0 Å². The minimum Gasteiger partial charge on any atom is -0.480 e. The number of nitrogens with zero attached hydrogens (tertiary/aromatic N) is 5. The van der Waals surface area contributed by atoms with Crippen LogP contribution in [0.1, 0.15) is 27.7 Å². The summed E-state index contributed by atoms with van der Waals surface area (Å²) in [6.45, 7) is 8.10. The van der Waals surface area contributed by atoms with E-state index in [1.54, 1.807) is 5.01 Å². The Bertz CT molecular complexity index is 653. The Balaban J connectivity index is 2.23. The Kier molecular flexibility index (Phi) is 4.16. The van der Waals surface area contributed by atoms with Gasteiger partial charge in [-0.05, 0) is 27.7 Å². The van der Waals surface area contributed by atoms with Crippen LogP contribution in [0.3, 0.4) is 0 Å². The molecule has 1 aromatic heterocycles. The fourth-order valence-corrected chi connectivity index (χ4v) is 2.22. The lowest BCUT2D eigenvalue weighted by Gasteiger charge is -2.31. The van der Waals surface area contributed by atoms with Gasteiger partial charge in [-0.25, -0.2) is 4.98 Å². The highest BCUT2D eigenvalue weighted by Crippen LogP contribution is 2.29. The van der Waals surface area contributed by atoms with Crippen molar-refractivity contribution in [3.05, 3.63) is 11.2 Å². The minimum absolute atomic E-state index is 0.310. The Labute approximate surface area is 134 Å². The van der Waals surface area contributed by atoms with E-state index in [0.29, 0.717) is 23.4 Å². The number of halogens is 1. The summed E-state index contributed by atoms with van der Waals surface area (Å²) in [6, 6.07) is 2.25. The second-order valence-electron chi connectivity index (χ2n) is 5.92. The van der Waals surface area contributed by atoms with E-state index >= 15 is 0 Å². The molecule has 22 heavy (non-hydrogen) atoms. The SMILES string of the molecule is COc1nc(N[C@@]2(C)CN(C(C)(C)C#N)N=C2C)ncc1Cl. The van der Waals surface area contributed by atoms with Crippen molar-refractivity contribution in [2.75, 3.05) is 19.0 Å². The zero-order chi connectivity index (χ0) is 16.5. The summed E-state index contributed by atoms with van der Waals surface area (Å²) in [5, 5.41) is 19.1. The molecule has 0 amide bonds. The number of hydrazone groups is 1. The second kappa shape index (κ2) is 5.61. The molecule has 0 aromatic carbocycles. The molecule has 0 fully saturated rings. The molecule has 0 bridgehead atoms. The summed E-state index contributed by atoms with van der Waals surface area (Å²) < 4.78 is 5.10. The van der Waals surface area contributed by atoms with Gasteiger partial charge in [0.1, 0.15) is 10.6 Å². The highest BCUT2D eigenvalue weighted by atomic mass is 35.5. The van der Waals surface area contributed by atoms with E-state index in [0.717, 1.165) is 5.71 Å². The van der Waals surface area contributed by atoms with Gasteiger partial charge in [0.15, 0.2) is 0 Å². The van der Waals surface area contributed by atoms with Crippen molar-refractivity contribution in [2.24, 2.45) is 5.10 Å². The average molecular weight is 323 g/mol. The first kappa shape index (κ1) is 16.3. The van der Waals surface area contributed by atoms with Crippen LogP contribution in [-0.4, -0.2) is 45.4 Å². The predicted molar refractivity (Wildman–Crippen MR) is 85.1 cm³/mol. The molecule has 2 rings (SSSR count). The molecule has 0 saturated heterocycles. The maximum Gasteiger partial charge on any atom is 0.237 e. The van der Waals surface area contributed by atoms with Crippen LogP contribution < -0.4 is 10.1 Å². The fraction of sp³-hybridized carbons (Fsp3) is 0.571. The van der Waals surface area contributed by atoms with Gasteiger partial charge < -0.3 is 10.1 Å². The third-order valence-electron chi connectivity index (χ3n) is 3.75. The largest absolute Gasteiger partial charge is 0.480 e. The number of hydrogen-bond donors (Lipinski definition) is 1. The van der Waals surface area contributed by atoms with E-state index in [1.165, 1.54) is 13.3 Å². The summed E-state index contributed by atoms with van der Waals surface area (Å²) in [5.41, 5.74) is -0.306. The van der Waals surface area contributed by atoms with Gasteiger partial charge in [-0.15, -0.1) is 0 Å². The van der Waals surface area contributed by atoms with E-state index in [4.69, 9.17) is 16.3 Å². The summed E-state index contributed by atoms with van der Waals surface area (Å²) in [4.78, 5) is 8.39. The first-order chi connectivity index (χ1) is 10.2. The number of nitriles is 1. The van der Waals surface area contributed by atoms with Gasteiger partial charge >= 0.3 is 0 Å². The number of ether oxygens (including phenoxy) is 1. The minimum atomic E-state index is -0.681. The van der Waals surface area contributed by atoms with Gasteiger partial charge in [0.2, 0.25) is 11.8 Å². The molecular weight excluding hydrogens is 304 g/mol. The van der Waals surface area contributed by atoms with Crippen LogP contribution in [0.15, 0.2) is 11.3 Å². The molecule has 118 valence electrons.